The molecule has 1 aromatic heterocycles. The van der Waals surface area contributed by atoms with Crippen LogP contribution < -0.4 is 10.1 Å². The molecule has 0 saturated carbocycles. The number of aromatic nitrogens is 1. The van der Waals surface area contributed by atoms with E-state index in [9.17, 15) is 14.9 Å². The SMILES string of the molecule is COc1ccc([N+](=O)[O-])cc1NC(=O)c1c(C)c(-c2ccccc2)nc2ccccc12. The predicted molar refractivity (Wildman–Crippen MR) is 120 cm³/mol. The fraction of sp³-hybridized carbons (Fsp3) is 0.0833. The van der Waals surface area contributed by atoms with E-state index < -0.39 is 10.8 Å². The fourth-order valence-corrected chi connectivity index (χ4v) is 3.57. The molecule has 1 N–H and O–H groups in total. The van der Waals surface area contributed by atoms with Crippen LogP contribution in [0.15, 0.2) is 72.8 Å². The number of ether oxygens (including phenoxy) is 1. The van der Waals surface area contributed by atoms with Crippen LogP contribution in [0.5, 0.6) is 5.75 Å². The van der Waals surface area contributed by atoms with Gasteiger partial charge in [-0.2, -0.15) is 0 Å². The Kier molecular flexibility index (Phi) is 5.32. The number of anilines is 1. The van der Waals surface area contributed by atoms with Crippen molar-refractivity contribution in [3.05, 3.63) is 94.0 Å². The van der Waals surface area contributed by atoms with Crippen molar-refractivity contribution in [2.45, 2.75) is 6.92 Å². The summed E-state index contributed by atoms with van der Waals surface area (Å²) in [6.45, 7) is 1.85. The maximum absolute atomic E-state index is 13.4. The third-order valence-electron chi connectivity index (χ3n) is 5.05. The summed E-state index contributed by atoms with van der Waals surface area (Å²) in [5.41, 5.74) is 3.54. The highest BCUT2D eigenvalue weighted by Gasteiger charge is 2.21. The molecule has 0 aliphatic rings. The number of methoxy groups -OCH3 is 1. The molecule has 1 amide bonds. The fourth-order valence-electron chi connectivity index (χ4n) is 3.57. The molecule has 4 rings (SSSR count). The van der Waals surface area contributed by atoms with Crippen molar-refractivity contribution >= 4 is 28.2 Å². The van der Waals surface area contributed by atoms with Crippen LogP contribution >= 0.6 is 0 Å². The van der Waals surface area contributed by atoms with Crippen LogP contribution in [0.25, 0.3) is 22.2 Å². The number of para-hydroxylation sites is 1. The van der Waals surface area contributed by atoms with Gasteiger partial charge in [0.2, 0.25) is 0 Å². The average molecular weight is 413 g/mol. The van der Waals surface area contributed by atoms with Gasteiger partial charge in [0.1, 0.15) is 5.75 Å². The molecular formula is C24H19N3O4. The lowest BCUT2D eigenvalue weighted by molar-refractivity contribution is -0.384. The highest BCUT2D eigenvalue weighted by molar-refractivity contribution is 6.15. The van der Waals surface area contributed by atoms with Crippen molar-refractivity contribution in [1.82, 2.24) is 4.98 Å². The minimum Gasteiger partial charge on any atom is -0.495 e. The Morgan fingerprint density at radius 2 is 1.74 bits per heavy atom. The number of benzene rings is 3. The van der Waals surface area contributed by atoms with Gasteiger partial charge in [-0.1, -0.05) is 48.5 Å². The quantitative estimate of drug-likeness (QED) is 0.350. The number of carbonyl (C=O) groups excluding carboxylic acids is 1. The maximum atomic E-state index is 13.4. The normalized spacial score (nSPS) is 10.6. The standard InChI is InChI=1S/C24H19N3O4/c1-15-22(24(28)26-20-14-17(27(29)30)12-13-21(20)31-2)18-10-6-7-11-19(18)25-23(15)16-8-4-3-5-9-16/h3-14H,1-2H3,(H,26,28). The number of rotatable bonds is 5. The molecule has 3 aromatic carbocycles. The minimum atomic E-state index is -0.518. The summed E-state index contributed by atoms with van der Waals surface area (Å²) in [5, 5.41) is 14.7. The molecule has 0 radical (unpaired) electrons. The largest absolute Gasteiger partial charge is 0.495 e. The molecule has 0 aliphatic heterocycles. The second kappa shape index (κ2) is 8.23. The van der Waals surface area contributed by atoms with Crippen LogP contribution in [0.4, 0.5) is 11.4 Å². The Morgan fingerprint density at radius 1 is 1.03 bits per heavy atom. The van der Waals surface area contributed by atoms with Gasteiger partial charge in [0, 0.05) is 23.1 Å². The number of nitrogens with one attached hydrogen (secondary N) is 1. The van der Waals surface area contributed by atoms with Crippen molar-refractivity contribution in [2.75, 3.05) is 12.4 Å². The first-order valence-electron chi connectivity index (χ1n) is 9.58. The molecule has 154 valence electrons. The molecule has 0 fully saturated rings. The summed E-state index contributed by atoms with van der Waals surface area (Å²) < 4.78 is 5.28. The van der Waals surface area contributed by atoms with Gasteiger partial charge in [-0.15, -0.1) is 0 Å². The van der Waals surface area contributed by atoms with Crippen molar-refractivity contribution < 1.29 is 14.5 Å². The molecule has 0 saturated heterocycles. The van der Waals surface area contributed by atoms with Gasteiger partial charge in [0.15, 0.2) is 0 Å². The van der Waals surface area contributed by atoms with Crippen molar-refractivity contribution in [2.24, 2.45) is 0 Å². The van der Waals surface area contributed by atoms with Gasteiger partial charge in [0.05, 0.1) is 34.5 Å². The number of pyridine rings is 1. The highest BCUT2D eigenvalue weighted by Crippen LogP contribution is 2.33. The van der Waals surface area contributed by atoms with Crippen molar-refractivity contribution in [3.63, 3.8) is 0 Å². The second-order valence-electron chi connectivity index (χ2n) is 6.94. The third-order valence-corrected chi connectivity index (χ3v) is 5.05. The van der Waals surface area contributed by atoms with Crippen LogP contribution in [0, 0.1) is 17.0 Å². The summed E-state index contributed by atoms with van der Waals surface area (Å²) in [7, 11) is 1.44. The van der Waals surface area contributed by atoms with Crippen molar-refractivity contribution in [3.8, 4) is 17.0 Å². The van der Waals surface area contributed by atoms with Gasteiger partial charge >= 0.3 is 0 Å². The zero-order valence-electron chi connectivity index (χ0n) is 17.0. The Bertz CT molecular complexity index is 1300. The number of non-ortho nitro benzene ring substituents is 1. The van der Waals surface area contributed by atoms with E-state index in [0.717, 1.165) is 5.56 Å². The highest BCUT2D eigenvalue weighted by atomic mass is 16.6. The summed E-state index contributed by atoms with van der Waals surface area (Å²) in [5.74, 6) is -0.0645. The molecule has 0 bridgehead atoms. The van der Waals surface area contributed by atoms with E-state index in [1.165, 1.54) is 25.3 Å². The lowest BCUT2D eigenvalue weighted by Gasteiger charge is -2.16. The molecule has 4 aromatic rings. The monoisotopic (exact) mass is 413 g/mol. The Hall–Kier alpha value is -4.26. The summed E-state index contributed by atoms with van der Waals surface area (Å²) in [6, 6.07) is 21.1. The maximum Gasteiger partial charge on any atom is 0.271 e. The topological polar surface area (TPSA) is 94.4 Å². The number of fused-ring (bicyclic) bond motifs is 1. The molecule has 31 heavy (non-hydrogen) atoms. The number of hydrogen-bond acceptors (Lipinski definition) is 5. The van der Waals surface area contributed by atoms with Crippen LogP contribution in [0.2, 0.25) is 0 Å². The smallest absolute Gasteiger partial charge is 0.271 e. The number of carbonyl (C=O) groups is 1. The van der Waals surface area contributed by atoms with Crippen LogP contribution in [0.3, 0.4) is 0 Å². The van der Waals surface area contributed by atoms with Crippen LogP contribution in [-0.4, -0.2) is 22.9 Å². The number of nitro groups is 1. The first-order chi connectivity index (χ1) is 15.0. The van der Waals surface area contributed by atoms with E-state index in [1.807, 2.05) is 61.5 Å². The molecule has 0 spiro atoms. The predicted octanol–water partition coefficient (Wildman–Crippen LogP) is 5.38. The van der Waals surface area contributed by atoms with E-state index in [0.29, 0.717) is 33.5 Å². The summed E-state index contributed by atoms with van der Waals surface area (Å²) in [4.78, 5) is 28.9. The van der Waals surface area contributed by atoms with Gasteiger partial charge < -0.3 is 10.1 Å². The lowest BCUT2D eigenvalue weighted by atomic mass is 9.97. The lowest BCUT2D eigenvalue weighted by Crippen LogP contribution is -2.16. The Morgan fingerprint density at radius 3 is 2.45 bits per heavy atom. The van der Waals surface area contributed by atoms with Gasteiger partial charge in [-0.05, 0) is 24.6 Å². The zero-order valence-corrected chi connectivity index (χ0v) is 17.0. The van der Waals surface area contributed by atoms with Crippen molar-refractivity contribution in [1.29, 1.82) is 0 Å². The first-order valence-corrected chi connectivity index (χ1v) is 9.58. The average Bonchev–Trinajstić information content (AvgIpc) is 2.79. The second-order valence-corrected chi connectivity index (χ2v) is 6.94. The number of nitrogens with zero attached hydrogens (tertiary/aromatic N) is 2. The molecule has 0 aliphatic carbocycles. The summed E-state index contributed by atoms with van der Waals surface area (Å²) >= 11 is 0. The Balaban J connectivity index is 1.86. The minimum absolute atomic E-state index is 0.141. The van der Waals surface area contributed by atoms with E-state index in [-0.39, 0.29) is 11.4 Å². The van der Waals surface area contributed by atoms with Gasteiger partial charge in [-0.3, -0.25) is 14.9 Å². The molecular weight excluding hydrogens is 394 g/mol. The number of hydrogen-bond donors (Lipinski definition) is 1. The third kappa shape index (κ3) is 3.81. The summed E-state index contributed by atoms with van der Waals surface area (Å²) in [6.07, 6.45) is 0. The molecule has 1 heterocycles. The molecule has 7 heteroatoms. The molecule has 7 nitrogen and oxygen atoms in total. The van der Waals surface area contributed by atoms with Gasteiger partial charge in [0.25, 0.3) is 11.6 Å². The molecule has 0 unspecified atom stereocenters. The van der Waals surface area contributed by atoms with E-state index >= 15 is 0 Å². The number of amides is 1. The molecule has 0 atom stereocenters. The zero-order chi connectivity index (χ0) is 22.0. The number of nitro benzene ring substituents is 1. The van der Waals surface area contributed by atoms with E-state index in [4.69, 9.17) is 9.72 Å². The van der Waals surface area contributed by atoms with E-state index in [2.05, 4.69) is 5.32 Å². The first kappa shape index (κ1) is 20.0. The van der Waals surface area contributed by atoms with E-state index in [1.54, 1.807) is 0 Å². The van der Waals surface area contributed by atoms with Crippen LogP contribution in [-0.2, 0) is 0 Å². The van der Waals surface area contributed by atoms with Crippen LogP contribution in [0.1, 0.15) is 15.9 Å². The Labute approximate surface area is 178 Å². The van der Waals surface area contributed by atoms with Gasteiger partial charge in [-0.25, -0.2) is 4.98 Å².